The average Bonchev–Trinajstić information content (AvgIpc) is 3.14. The fourth-order valence-corrected chi connectivity index (χ4v) is 4.40. The molecule has 1 heterocycles. The predicted molar refractivity (Wildman–Crippen MR) is 126 cm³/mol. The molecular weight excluding hydrogens is 466 g/mol. The van der Waals surface area contributed by atoms with E-state index in [2.05, 4.69) is 25.9 Å². The second kappa shape index (κ2) is 9.79. The number of amides is 3. The molecule has 0 atom stereocenters. The topological polar surface area (TPSA) is 146 Å². The summed E-state index contributed by atoms with van der Waals surface area (Å²) in [5, 5.41) is 3.18. The van der Waals surface area contributed by atoms with Gasteiger partial charge in [0.15, 0.2) is 0 Å². The van der Waals surface area contributed by atoms with E-state index in [1.54, 1.807) is 6.92 Å². The Morgan fingerprint density at radius 2 is 1.64 bits per heavy atom. The van der Waals surface area contributed by atoms with Crippen LogP contribution >= 0.6 is 11.3 Å². The van der Waals surface area contributed by atoms with Crippen LogP contribution < -0.4 is 20.9 Å². The van der Waals surface area contributed by atoms with Crippen molar-refractivity contribution in [2.45, 2.75) is 13.8 Å². The summed E-state index contributed by atoms with van der Waals surface area (Å²) in [6, 6.07) is 13.4. The lowest BCUT2D eigenvalue weighted by atomic mass is 10.1. The third-order valence-electron chi connectivity index (χ3n) is 4.19. The molecule has 2 aromatic carbocycles. The Morgan fingerprint density at radius 1 is 0.970 bits per heavy atom. The second-order valence-electron chi connectivity index (χ2n) is 7.02. The van der Waals surface area contributed by atoms with E-state index in [-0.39, 0.29) is 22.8 Å². The van der Waals surface area contributed by atoms with Crippen molar-refractivity contribution in [3.63, 3.8) is 0 Å². The van der Waals surface area contributed by atoms with Crippen molar-refractivity contribution in [2.24, 2.45) is 0 Å². The van der Waals surface area contributed by atoms with Crippen LogP contribution in [0.4, 0.5) is 11.4 Å². The van der Waals surface area contributed by atoms with Gasteiger partial charge >= 0.3 is 0 Å². The van der Waals surface area contributed by atoms with Crippen molar-refractivity contribution in [3.8, 4) is 10.6 Å². The average molecular weight is 488 g/mol. The molecular formula is C21H21N5O5S2. The molecule has 0 saturated heterocycles. The first-order valence-corrected chi connectivity index (χ1v) is 12.3. The first kappa shape index (κ1) is 23.9. The Morgan fingerprint density at radius 3 is 2.27 bits per heavy atom. The molecule has 0 unspecified atom stereocenters. The summed E-state index contributed by atoms with van der Waals surface area (Å²) < 4.78 is 25.6. The number of nitrogens with zero attached hydrogens (tertiary/aromatic N) is 1. The third-order valence-corrected chi connectivity index (χ3v) is 5.99. The molecule has 12 heteroatoms. The number of hydrogen-bond acceptors (Lipinski definition) is 7. The van der Waals surface area contributed by atoms with E-state index in [9.17, 15) is 22.8 Å². The number of hydrazine groups is 1. The number of nitrogens with one attached hydrogen (secondary N) is 4. The van der Waals surface area contributed by atoms with Gasteiger partial charge < -0.3 is 5.32 Å². The number of carbonyl (C=O) groups excluding carboxylic acids is 3. The Hall–Kier alpha value is -3.77. The van der Waals surface area contributed by atoms with Crippen LogP contribution in [0, 0.1) is 6.92 Å². The van der Waals surface area contributed by atoms with E-state index in [1.165, 1.54) is 36.5 Å². The first-order valence-electron chi connectivity index (χ1n) is 9.56. The van der Waals surface area contributed by atoms with E-state index in [1.807, 2.05) is 30.3 Å². The highest BCUT2D eigenvalue weighted by Crippen LogP contribution is 2.27. The molecule has 0 aliphatic rings. The monoisotopic (exact) mass is 487 g/mol. The minimum atomic E-state index is -3.68. The van der Waals surface area contributed by atoms with Gasteiger partial charge in [0.2, 0.25) is 15.9 Å². The molecule has 3 aromatic rings. The van der Waals surface area contributed by atoms with Gasteiger partial charge in [-0.1, -0.05) is 30.3 Å². The summed E-state index contributed by atoms with van der Waals surface area (Å²) in [6.07, 6.45) is 0.940. The van der Waals surface area contributed by atoms with Crippen LogP contribution in [0.5, 0.6) is 0 Å². The van der Waals surface area contributed by atoms with Crippen LogP contribution in [-0.2, 0) is 14.8 Å². The summed E-state index contributed by atoms with van der Waals surface area (Å²) in [6.45, 7) is 2.98. The van der Waals surface area contributed by atoms with Gasteiger partial charge in [-0.15, -0.1) is 11.3 Å². The molecule has 0 bridgehead atoms. The number of aryl methyl sites for hydroxylation is 1. The molecule has 1 aromatic heterocycles. The van der Waals surface area contributed by atoms with Gasteiger partial charge in [-0.25, -0.2) is 13.4 Å². The minimum absolute atomic E-state index is 0.0151. The standard InChI is InChI=1S/C21H21N5O5S2/c1-12-18(32-21(22-12)14-7-5-4-6-8-14)20(29)25-24-19(28)16-11-15(23-13(2)27)9-10-17(16)26-33(3,30)31/h4-11,26H,1-3H3,(H,23,27)(H,24,28)(H,25,29). The summed E-state index contributed by atoms with van der Waals surface area (Å²) in [4.78, 5) is 41.5. The number of aromatic nitrogens is 1. The molecule has 3 rings (SSSR count). The lowest BCUT2D eigenvalue weighted by molar-refractivity contribution is -0.114. The summed E-state index contributed by atoms with van der Waals surface area (Å²) in [5.41, 5.74) is 6.12. The van der Waals surface area contributed by atoms with E-state index in [4.69, 9.17) is 0 Å². The maximum atomic E-state index is 12.8. The number of benzene rings is 2. The second-order valence-corrected chi connectivity index (χ2v) is 9.77. The number of anilines is 2. The zero-order valence-electron chi connectivity index (χ0n) is 17.9. The van der Waals surface area contributed by atoms with Gasteiger partial charge in [-0.3, -0.25) is 30.0 Å². The Bertz CT molecular complexity index is 1320. The molecule has 33 heavy (non-hydrogen) atoms. The minimum Gasteiger partial charge on any atom is -0.326 e. The summed E-state index contributed by atoms with van der Waals surface area (Å²) in [7, 11) is -3.68. The van der Waals surface area contributed by atoms with Crippen LogP contribution in [0.3, 0.4) is 0 Å². The van der Waals surface area contributed by atoms with Gasteiger partial charge in [0.05, 0.1) is 23.2 Å². The SMILES string of the molecule is CC(=O)Nc1ccc(NS(C)(=O)=O)c(C(=O)NNC(=O)c2sc(-c3ccccc3)nc2C)c1. The largest absolute Gasteiger partial charge is 0.326 e. The normalized spacial score (nSPS) is 10.9. The molecule has 0 radical (unpaired) electrons. The number of thiazole rings is 1. The summed E-state index contributed by atoms with van der Waals surface area (Å²) >= 11 is 1.17. The quantitative estimate of drug-likeness (QED) is 0.393. The third kappa shape index (κ3) is 6.37. The van der Waals surface area contributed by atoms with E-state index < -0.39 is 21.8 Å². The van der Waals surface area contributed by atoms with Crippen molar-refractivity contribution in [1.82, 2.24) is 15.8 Å². The smallest absolute Gasteiger partial charge is 0.281 e. The highest BCUT2D eigenvalue weighted by atomic mass is 32.2. The number of sulfonamides is 1. The van der Waals surface area contributed by atoms with Gasteiger partial charge in [-0.2, -0.15) is 0 Å². The molecule has 0 aliphatic heterocycles. The molecule has 172 valence electrons. The predicted octanol–water partition coefficient (Wildman–Crippen LogP) is 2.52. The van der Waals surface area contributed by atoms with E-state index >= 15 is 0 Å². The fourth-order valence-electron chi connectivity index (χ4n) is 2.85. The van der Waals surface area contributed by atoms with Crippen LogP contribution in [0.25, 0.3) is 10.6 Å². The maximum Gasteiger partial charge on any atom is 0.281 e. The zero-order chi connectivity index (χ0) is 24.2. The van der Waals surface area contributed by atoms with Crippen molar-refractivity contribution in [2.75, 3.05) is 16.3 Å². The zero-order valence-corrected chi connectivity index (χ0v) is 19.6. The molecule has 10 nitrogen and oxygen atoms in total. The summed E-state index contributed by atoms with van der Waals surface area (Å²) in [5.74, 6) is -1.73. The highest BCUT2D eigenvalue weighted by Gasteiger charge is 2.19. The van der Waals surface area contributed by atoms with Gasteiger partial charge in [0, 0.05) is 18.2 Å². The van der Waals surface area contributed by atoms with Crippen molar-refractivity contribution in [3.05, 3.63) is 64.7 Å². The maximum absolute atomic E-state index is 12.8. The van der Waals surface area contributed by atoms with Gasteiger partial charge in [0.25, 0.3) is 11.8 Å². The molecule has 0 fully saturated rings. The molecule has 0 saturated carbocycles. The number of carbonyl (C=O) groups is 3. The molecule has 0 spiro atoms. The van der Waals surface area contributed by atoms with Crippen LogP contribution in [0.2, 0.25) is 0 Å². The van der Waals surface area contributed by atoms with Gasteiger partial charge in [-0.05, 0) is 25.1 Å². The molecule has 0 aliphatic carbocycles. The lowest BCUT2D eigenvalue weighted by Gasteiger charge is -2.13. The van der Waals surface area contributed by atoms with Gasteiger partial charge in [0.1, 0.15) is 9.88 Å². The highest BCUT2D eigenvalue weighted by molar-refractivity contribution is 7.92. The van der Waals surface area contributed by atoms with Crippen molar-refractivity contribution in [1.29, 1.82) is 0 Å². The number of hydrogen-bond donors (Lipinski definition) is 4. The van der Waals surface area contributed by atoms with Crippen LogP contribution in [-0.4, -0.2) is 37.4 Å². The van der Waals surface area contributed by atoms with Crippen LogP contribution in [0.1, 0.15) is 32.6 Å². The van der Waals surface area contributed by atoms with E-state index in [0.29, 0.717) is 15.6 Å². The fraction of sp³-hybridized carbons (Fsp3) is 0.143. The van der Waals surface area contributed by atoms with Crippen molar-refractivity contribution >= 4 is 50.5 Å². The Balaban J connectivity index is 1.79. The molecule has 4 N–H and O–H groups in total. The lowest BCUT2D eigenvalue weighted by Crippen LogP contribution is -2.41. The Kier molecular flexibility index (Phi) is 7.09. The van der Waals surface area contributed by atoms with Crippen LogP contribution in [0.15, 0.2) is 48.5 Å². The molecule has 3 amide bonds. The van der Waals surface area contributed by atoms with E-state index in [0.717, 1.165) is 11.8 Å². The number of rotatable bonds is 6. The first-order chi connectivity index (χ1) is 15.5. The Labute approximate surface area is 194 Å². The van der Waals surface area contributed by atoms with Crippen molar-refractivity contribution < 1.29 is 22.8 Å².